The fraction of sp³-hybridized carbons (Fsp3) is 0.667. The standard InChI is InChI=1S/C15H20Cl2O2S/c1-9-4-10(7-15(2,3)6-9)19-8-12(18)11-5-13(16)20-14(11)17/h5,9-10H,4,6-8H2,1-3H3. The van der Waals surface area contributed by atoms with Gasteiger partial charge in [-0.3, -0.25) is 4.79 Å². The number of carbonyl (C=O) groups is 1. The van der Waals surface area contributed by atoms with Crippen molar-refractivity contribution in [3.05, 3.63) is 20.3 Å². The first kappa shape index (κ1) is 16.3. The molecule has 0 N–H and O–H groups in total. The fourth-order valence-electron chi connectivity index (χ4n) is 3.19. The van der Waals surface area contributed by atoms with Gasteiger partial charge in [0.15, 0.2) is 5.78 Å². The Morgan fingerprint density at radius 2 is 2.15 bits per heavy atom. The van der Waals surface area contributed by atoms with E-state index in [9.17, 15) is 4.79 Å². The van der Waals surface area contributed by atoms with Crippen LogP contribution in [0.1, 0.15) is 50.4 Å². The Morgan fingerprint density at radius 3 is 2.70 bits per heavy atom. The van der Waals surface area contributed by atoms with Gasteiger partial charge in [-0.15, -0.1) is 11.3 Å². The van der Waals surface area contributed by atoms with Crippen LogP contribution in [0.4, 0.5) is 0 Å². The minimum Gasteiger partial charge on any atom is -0.370 e. The summed E-state index contributed by atoms with van der Waals surface area (Å²) < 4.78 is 6.80. The summed E-state index contributed by atoms with van der Waals surface area (Å²) in [6, 6.07) is 1.62. The van der Waals surface area contributed by atoms with Crippen molar-refractivity contribution in [1.82, 2.24) is 0 Å². The van der Waals surface area contributed by atoms with Crippen molar-refractivity contribution >= 4 is 40.3 Å². The van der Waals surface area contributed by atoms with Crippen LogP contribution in [0, 0.1) is 11.3 Å². The lowest BCUT2D eigenvalue weighted by molar-refractivity contribution is -0.0167. The molecule has 5 heteroatoms. The molecule has 0 saturated heterocycles. The molecule has 2 unspecified atom stereocenters. The lowest BCUT2D eigenvalue weighted by Crippen LogP contribution is -2.33. The summed E-state index contributed by atoms with van der Waals surface area (Å²) in [5.74, 6) is 0.548. The molecule has 1 aromatic heterocycles. The maximum Gasteiger partial charge on any atom is 0.190 e. The van der Waals surface area contributed by atoms with Gasteiger partial charge >= 0.3 is 0 Å². The largest absolute Gasteiger partial charge is 0.370 e. The minimum absolute atomic E-state index is 0.0836. The Bertz CT molecular complexity index is 496. The van der Waals surface area contributed by atoms with E-state index in [0.29, 0.717) is 20.2 Å². The zero-order valence-corrected chi connectivity index (χ0v) is 14.4. The van der Waals surface area contributed by atoms with E-state index in [1.165, 1.54) is 17.8 Å². The maximum absolute atomic E-state index is 12.1. The number of carbonyl (C=O) groups excluding carboxylic acids is 1. The Labute approximate surface area is 134 Å². The van der Waals surface area contributed by atoms with Crippen LogP contribution in [0.5, 0.6) is 0 Å². The molecule has 2 rings (SSSR count). The summed E-state index contributed by atoms with van der Waals surface area (Å²) in [7, 11) is 0. The summed E-state index contributed by atoms with van der Waals surface area (Å²) in [6.07, 6.45) is 3.40. The van der Waals surface area contributed by atoms with Crippen molar-refractivity contribution < 1.29 is 9.53 Å². The molecule has 0 aromatic carbocycles. The second-order valence-corrected chi connectivity index (χ2v) is 8.79. The van der Waals surface area contributed by atoms with Gasteiger partial charge in [0.1, 0.15) is 10.9 Å². The van der Waals surface area contributed by atoms with E-state index < -0.39 is 0 Å². The van der Waals surface area contributed by atoms with Crippen molar-refractivity contribution in [2.75, 3.05) is 6.61 Å². The Kier molecular flexibility index (Phi) is 5.17. The predicted molar refractivity (Wildman–Crippen MR) is 85.2 cm³/mol. The van der Waals surface area contributed by atoms with Gasteiger partial charge in [0, 0.05) is 0 Å². The molecule has 0 bridgehead atoms. The Morgan fingerprint density at radius 1 is 1.45 bits per heavy atom. The van der Waals surface area contributed by atoms with Crippen molar-refractivity contribution in [1.29, 1.82) is 0 Å². The number of ether oxygens (including phenoxy) is 1. The van der Waals surface area contributed by atoms with Crippen molar-refractivity contribution in [3.8, 4) is 0 Å². The van der Waals surface area contributed by atoms with Gasteiger partial charge in [-0.05, 0) is 36.7 Å². The number of Topliss-reactive ketones (excluding diaryl/α,β-unsaturated/α-hetero) is 1. The third kappa shape index (κ3) is 4.20. The highest BCUT2D eigenvalue weighted by atomic mass is 35.5. The summed E-state index contributed by atoms with van der Waals surface area (Å²) in [6.45, 7) is 6.85. The van der Waals surface area contributed by atoms with Crippen LogP contribution < -0.4 is 0 Å². The molecular formula is C15H20Cl2O2S. The van der Waals surface area contributed by atoms with Crippen molar-refractivity contribution in [2.24, 2.45) is 11.3 Å². The number of thiophene rings is 1. The molecule has 0 amide bonds. The fourth-order valence-corrected chi connectivity index (χ4v) is 4.69. The molecule has 0 spiro atoms. The zero-order chi connectivity index (χ0) is 14.9. The highest BCUT2D eigenvalue weighted by molar-refractivity contribution is 7.20. The van der Waals surface area contributed by atoms with E-state index in [1.54, 1.807) is 6.07 Å². The average molecular weight is 335 g/mol. The summed E-state index contributed by atoms with van der Waals surface area (Å²) >= 11 is 13.1. The quantitative estimate of drug-likeness (QED) is 0.682. The van der Waals surface area contributed by atoms with E-state index in [1.807, 2.05) is 0 Å². The van der Waals surface area contributed by atoms with Gasteiger partial charge in [0.2, 0.25) is 0 Å². The Hall–Kier alpha value is -0.0900. The molecule has 1 heterocycles. The van der Waals surface area contributed by atoms with Crippen LogP contribution in [-0.4, -0.2) is 18.5 Å². The normalized spacial score (nSPS) is 25.6. The molecular weight excluding hydrogens is 315 g/mol. The molecule has 1 saturated carbocycles. The number of rotatable bonds is 4. The van der Waals surface area contributed by atoms with Gasteiger partial charge < -0.3 is 4.74 Å². The highest BCUT2D eigenvalue weighted by Gasteiger charge is 2.32. The first-order chi connectivity index (χ1) is 9.27. The topological polar surface area (TPSA) is 26.3 Å². The van der Waals surface area contributed by atoms with Gasteiger partial charge in [-0.2, -0.15) is 0 Å². The third-order valence-electron chi connectivity index (χ3n) is 3.75. The average Bonchev–Trinajstić information content (AvgIpc) is 2.63. The molecule has 1 fully saturated rings. The SMILES string of the molecule is CC1CC(OCC(=O)c2cc(Cl)sc2Cl)CC(C)(C)C1. The number of halogens is 2. The second kappa shape index (κ2) is 6.35. The molecule has 2 nitrogen and oxygen atoms in total. The minimum atomic E-state index is -0.0887. The van der Waals surface area contributed by atoms with Crippen molar-refractivity contribution in [3.63, 3.8) is 0 Å². The first-order valence-electron chi connectivity index (χ1n) is 6.86. The summed E-state index contributed by atoms with van der Waals surface area (Å²) in [4.78, 5) is 12.1. The number of ketones is 1. The van der Waals surface area contributed by atoms with Crippen LogP contribution >= 0.6 is 34.5 Å². The molecule has 112 valence electrons. The van der Waals surface area contributed by atoms with E-state index >= 15 is 0 Å². The monoisotopic (exact) mass is 334 g/mol. The van der Waals surface area contributed by atoms with Crippen LogP contribution in [0.3, 0.4) is 0 Å². The smallest absolute Gasteiger partial charge is 0.190 e. The third-order valence-corrected chi connectivity index (χ3v) is 5.24. The van der Waals surface area contributed by atoms with E-state index in [-0.39, 0.29) is 23.9 Å². The molecule has 2 atom stereocenters. The maximum atomic E-state index is 12.1. The van der Waals surface area contributed by atoms with Gasteiger partial charge in [0.05, 0.1) is 16.0 Å². The van der Waals surface area contributed by atoms with Crippen LogP contribution in [0.15, 0.2) is 6.07 Å². The predicted octanol–water partition coefficient (Wildman–Crippen LogP) is 5.47. The lowest BCUT2D eigenvalue weighted by atomic mass is 9.71. The molecule has 0 aliphatic heterocycles. The first-order valence-corrected chi connectivity index (χ1v) is 8.44. The van der Waals surface area contributed by atoms with E-state index in [2.05, 4.69) is 20.8 Å². The highest BCUT2D eigenvalue weighted by Crippen LogP contribution is 2.39. The van der Waals surface area contributed by atoms with Gasteiger partial charge in [-0.1, -0.05) is 44.0 Å². The van der Waals surface area contributed by atoms with E-state index in [0.717, 1.165) is 12.8 Å². The van der Waals surface area contributed by atoms with Crippen molar-refractivity contribution in [2.45, 2.75) is 46.1 Å². The zero-order valence-electron chi connectivity index (χ0n) is 12.0. The van der Waals surface area contributed by atoms with Gasteiger partial charge in [-0.25, -0.2) is 0 Å². The number of hydrogen-bond donors (Lipinski definition) is 0. The molecule has 20 heavy (non-hydrogen) atoms. The summed E-state index contributed by atoms with van der Waals surface area (Å²) in [5, 5.41) is 0. The lowest BCUT2D eigenvalue weighted by Gasteiger charge is -2.38. The molecule has 1 aliphatic carbocycles. The van der Waals surface area contributed by atoms with Crippen LogP contribution in [-0.2, 0) is 4.74 Å². The molecule has 1 aliphatic rings. The Balaban J connectivity index is 1.92. The van der Waals surface area contributed by atoms with Gasteiger partial charge in [0.25, 0.3) is 0 Å². The second-order valence-electron chi connectivity index (χ2n) is 6.51. The van der Waals surface area contributed by atoms with Crippen LogP contribution in [0.2, 0.25) is 8.67 Å². The van der Waals surface area contributed by atoms with Crippen LogP contribution in [0.25, 0.3) is 0 Å². The van der Waals surface area contributed by atoms with E-state index in [4.69, 9.17) is 27.9 Å². The molecule has 0 radical (unpaired) electrons. The number of hydrogen-bond acceptors (Lipinski definition) is 3. The molecule has 1 aromatic rings. The summed E-state index contributed by atoms with van der Waals surface area (Å²) in [5.41, 5.74) is 0.763.